The lowest BCUT2D eigenvalue weighted by atomic mass is 9.95. The van der Waals surface area contributed by atoms with E-state index in [-0.39, 0.29) is 11.8 Å². The van der Waals surface area contributed by atoms with E-state index in [1.54, 1.807) is 11.3 Å². The summed E-state index contributed by atoms with van der Waals surface area (Å²) in [6.07, 6.45) is 0.875. The second-order valence-electron chi connectivity index (χ2n) is 4.41. The average molecular weight is 212 g/mol. The van der Waals surface area contributed by atoms with E-state index >= 15 is 0 Å². The maximum Gasteiger partial charge on any atom is 0.303 e. The van der Waals surface area contributed by atoms with Crippen LogP contribution in [0, 0.1) is 0 Å². The lowest BCUT2D eigenvalue weighted by molar-refractivity contribution is -0.136. The number of carboxylic acids is 1. The van der Waals surface area contributed by atoms with E-state index in [0.29, 0.717) is 6.42 Å². The van der Waals surface area contributed by atoms with Gasteiger partial charge in [0.1, 0.15) is 0 Å². The molecule has 1 N–H and O–H groups in total. The van der Waals surface area contributed by atoms with Gasteiger partial charge < -0.3 is 5.11 Å². The Morgan fingerprint density at radius 1 is 1.43 bits per heavy atom. The summed E-state index contributed by atoms with van der Waals surface area (Å²) in [6, 6.07) is 4.13. The van der Waals surface area contributed by atoms with Crippen LogP contribution in [0.4, 0.5) is 0 Å². The third-order valence-corrected chi connectivity index (χ3v) is 3.56. The third kappa shape index (κ3) is 3.14. The van der Waals surface area contributed by atoms with E-state index in [1.807, 2.05) is 6.07 Å². The number of hydrogen-bond acceptors (Lipinski definition) is 2. The van der Waals surface area contributed by atoms with E-state index in [2.05, 4.69) is 26.8 Å². The lowest BCUT2D eigenvalue weighted by Crippen LogP contribution is -2.07. The van der Waals surface area contributed by atoms with E-state index in [4.69, 9.17) is 5.11 Å². The second-order valence-corrected chi connectivity index (χ2v) is 5.58. The molecule has 1 aromatic heterocycles. The molecule has 0 unspecified atom stereocenters. The van der Waals surface area contributed by atoms with Gasteiger partial charge in [0, 0.05) is 9.75 Å². The molecule has 0 spiro atoms. The minimum atomic E-state index is -0.726. The van der Waals surface area contributed by atoms with Crippen LogP contribution in [0.25, 0.3) is 0 Å². The van der Waals surface area contributed by atoms with Gasteiger partial charge in [-0.1, -0.05) is 20.8 Å². The molecule has 0 bridgehead atoms. The van der Waals surface area contributed by atoms with Crippen LogP contribution in [0.3, 0.4) is 0 Å². The summed E-state index contributed by atoms with van der Waals surface area (Å²) in [5.74, 6) is -0.726. The first kappa shape index (κ1) is 11.2. The Kier molecular flexibility index (Phi) is 3.32. The molecule has 0 aromatic carbocycles. The van der Waals surface area contributed by atoms with Crippen molar-refractivity contribution < 1.29 is 9.90 Å². The number of aliphatic carboxylic acids is 1. The van der Waals surface area contributed by atoms with Gasteiger partial charge in [0.15, 0.2) is 0 Å². The third-order valence-electron chi connectivity index (χ3n) is 1.99. The molecular weight excluding hydrogens is 196 g/mol. The van der Waals surface area contributed by atoms with Gasteiger partial charge in [-0.3, -0.25) is 4.79 Å². The quantitative estimate of drug-likeness (QED) is 0.836. The number of thiophene rings is 1. The Hall–Kier alpha value is -0.830. The lowest BCUT2D eigenvalue weighted by Gasteiger charge is -2.15. The zero-order valence-corrected chi connectivity index (χ0v) is 9.65. The molecule has 0 saturated heterocycles. The minimum absolute atomic E-state index is 0.173. The summed E-state index contributed by atoms with van der Waals surface area (Å²) < 4.78 is 0. The van der Waals surface area contributed by atoms with Crippen LogP contribution in [0.2, 0.25) is 0 Å². The predicted octanol–water partition coefficient (Wildman–Crippen LogP) is 3.06. The van der Waals surface area contributed by atoms with Gasteiger partial charge in [-0.05, 0) is 24.0 Å². The van der Waals surface area contributed by atoms with Crippen molar-refractivity contribution in [3.63, 3.8) is 0 Å². The summed E-state index contributed by atoms with van der Waals surface area (Å²) in [4.78, 5) is 12.9. The smallest absolute Gasteiger partial charge is 0.303 e. The summed E-state index contributed by atoms with van der Waals surface area (Å²) in [5.41, 5.74) is 0.173. The zero-order valence-electron chi connectivity index (χ0n) is 8.83. The molecule has 0 atom stereocenters. The van der Waals surface area contributed by atoms with E-state index < -0.39 is 5.97 Å². The van der Waals surface area contributed by atoms with Gasteiger partial charge in [0.2, 0.25) is 0 Å². The van der Waals surface area contributed by atoms with Crippen molar-refractivity contribution in [2.45, 2.75) is 39.0 Å². The summed E-state index contributed by atoms with van der Waals surface area (Å²) in [5, 5.41) is 8.55. The molecule has 0 saturated carbocycles. The van der Waals surface area contributed by atoms with Crippen LogP contribution >= 0.6 is 11.3 Å². The molecule has 0 fully saturated rings. The first-order valence-corrected chi connectivity index (χ1v) is 5.52. The molecule has 0 radical (unpaired) electrons. The molecule has 14 heavy (non-hydrogen) atoms. The summed E-state index contributed by atoms with van der Waals surface area (Å²) in [7, 11) is 0. The van der Waals surface area contributed by atoms with Gasteiger partial charge in [0.05, 0.1) is 6.42 Å². The Bertz CT molecular complexity index is 320. The molecule has 78 valence electrons. The Labute approximate surface area is 88.6 Å². The van der Waals surface area contributed by atoms with E-state index in [9.17, 15) is 4.79 Å². The largest absolute Gasteiger partial charge is 0.481 e. The van der Waals surface area contributed by atoms with E-state index in [1.165, 1.54) is 4.88 Å². The monoisotopic (exact) mass is 212 g/mol. The standard InChI is InChI=1S/C11H16O2S/c1-11(2,3)9-6-4-8(14-9)5-7-10(12)13/h4,6H,5,7H2,1-3H3,(H,12,13). The van der Waals surface area contributed by atoms with Gasteiger partial charge in [-0.25, -0.2) is 0 Å². The highest BCUT2D eigenvalue weighted by atomic mass is 32.1. The average Bonchev–Trinajstić information content (AvgIpc) is 2.47. The number of carbonyl (C=O) groups is 1. The minimum Gasteiger partial charge on any atom is -0.481 e. The molecule has 2 nitrogen and oxygen atoms in total. The van der Waals surface area contributed by atoms with Gasteiger partial charge in [-0.15, -0.1) is 11.3 Å². The fourth-order valence-electron chi connectivity index (χ4n) is 1.15. The fourth-order valence-corrected chi connectivity index (χ4v) is 2.21. The Morgan fingerprint density at radius 3 is 2.50 bits per heavy atom. The van der Waals surface area contributed by atoms with Crippen molar-refractivity contribution in [1.82, 2.24) is 0 Å². The van der Waals surface area contributed by atoms with Gasteiger partial charge in [-0.2, -0.15) is 0 Å². The molecule has 3 heteroatoms. The Morgan fingerprint density at radius 2 is 2.07 bits per heavy atom. The molecule has 1 rings (SSSR count). The van der Waals surface area contributed by atoms with Crippen LogP contribution in [0.15, 0.2) is 12.1 Å². The van der Waals surface area contributed by atoms with Crippen molar-refractivity contribution in [2.24, 2.45) is 0 Å². The first-order chi connectivity index (χ1) is 6.39. The van der Waals surface area contributed by atoms with Crippen molar-refractivity contribution in [1.29, 1.82) is 0 Å². The molecule has 0 aliphatic rings. The van der Waals surface area contributed by atoms with Crippen LogP contribution in [-0.4, -0.2) is 11.1 Å². The molecule has 0 aliphatic carbocycles. The molecular formula is C11H16O2S. The number of aryl methyl sites for hydroxylation is 1. The highest BCUT2D eigenvalue weighted by molar-refractivity contribution is 7.12. The van der Waals surface area contributed by atoms with E-state index in [0.717, 1.165) is 4.88 Å². The highest BCUT2D eigenvalue weighted by Gasteiger charge is 2.15. The van der Waals surface area contributed by atoms with Crippen molar-refractivity contribution >= 4 is 17.3 Å². The SMILES string of the molecule is CC(C)(C)c1ccc(CCC(=O)O)s1. The summed E-state index contributed by atoms with van der Waals surface area (Å²) >= 11 is 1.72. The van der Waals surface area contributed by atoms with Crippen LogP contribution < -0.4 is 0 Å². The van der Waals surface area contributed by atoms with Gasteiger partial charge >= 0.3 is 5.97 Å². The summed E-state index contributed by atoms with van der Waals surface area (Å²) in [6.45, 7) is 6.50. The normalized spacial score (nSPS) is 11.6. The maximum atomic E-state index is 10.4. The molecule has 0 aliphatic heterocycles. The van der Waals surface area contributed by atoms with Crippen LogP contribution in [0.1, 0.15) is 36.9 Å². The Balaban J connectivity index is 2.64. The first-order valence-electron chi connectivity index (χ1n) is 4.70. The topological polar surface area (TPSA) is 37.3 Å². The molecule has 1 heterocycles. The number of hydrogen-bond donors (Lipinski definition) is 1. The van der Waals surface area contributed by atoms with Crippen molar-refractivity contribution in [3.8, 4) is 0 Å². The van der Waals surface area contributed by atoms with Crippen molar-refractivity contribution in [2.75, 3.05) is 0 Å². The maximum absolute atomic E-state index is 10.4. The van der Waals surface area contributed by atoms with Crippen LogP contribution in [0.5, 0.6) is 0 Å². The number of carboxylic acid groups (broad SMARTS) is 1. The fraction of sp³-hybridized carbons (Fsp3) is 0.545. The number of rotatable bonds is 3. The van der Waals surface area contributed by atoms with Crippen LogP contribution in [-0.2, 0) is 16.6 Å². The molecule has 0 amide bonds. The molecule has 1 aromatic rings. The predicted molar refractivity (Wildman–Crippen MR) is 59.0 cm³/mol. The second kappa shape index (κ2) is 4.13. The van der Waals surface area contributed by atoms with Gasteiger partial charge in [0.25, 0.3) is 0 Å². The highest BCUT2D eigenvalue weighted by Crippen LogP contribution is 2.29. The zero-order chi connectivity index (χ0) is 10.8. The van der Waals surface area contributed by atoms with Crippen molar-refractivity contribution in [3.05, 3.63) is 21.9 Å².